The predicted octanol–water partition coefficient (Wildman–Crippen LogP) is 4.20. The van der Waals surface area contributed by atoms with Gasteiger partial charge in [0.15, 0.2) is 0 Å². The van der Waals surface area contributed by atoms with Gasteiger partial charge in [0, 0.05) is 12.2 Å². The summed E-state index contributed by atoms with van der Waals surface area (Å²) in [6.45, 7) is 4.25. The second-order valence-corrected chi connectivity index (χ2v) is 6.27. The highest BCUT2D eigenvalue weighted by Crippen LogP contribution is 2.38. The average Bonchev–Trinajstić information content (AvgIpc) is 2.55. The van der Waals surface area contributed by atoms with Crippen LogP contribution in [0.1, 0.15) is 19.9 Å². The Morgan fingerprint density at radius 1 is 1.46 bits per heavy atom. The van der Waals surface area contributed by atoms with Crippen LogP contribution in [0.2, 0.25) is 0 Å². The zero-order valence-electron chi connectivity index (χ0n) is 7.21. The molecule has 13 heavy (non-hydrogen) atoms. The number of rotatable bonds is 1. The number of halogens is 2. The van der Waals surface area contributed by atoms with E-state index in [1.165, 1.54) is 4.70 Å². The zero-order chi connectivity index (χ0) is 9.59. The molecular weight excluding hydrogens is 316 g/mol. The Morgan fingerprint density at radius 3 is 2.69 bits per heavy atom. The summed E-state index contributed by atoms with van der Waals surface area (Å²) in [5, 5.41) is 4.48. The Balaban J connectivity index is 2.65. The highest BCUT2D eigenvalue weighted by atomic mass is 79.9. The van der Waals surface area contributed by atoms with Gasteiger partial charge in [0.25, 0.3) is 0 Å². The number of hydrogen-bond acceptors (Lipinski definition) is 2. The standard InChI is InChI=1S/C8H8Br2N2S/c1-4(2)12-3-5-7(11-12)6(9)8(10)13-5/h3-4H,1-2H3. The molecule has 0 aliphatic heterocycles. The summed E-state index contributed by atoms with van der Waals surface area (Å²) in [5.41, 5.74) is 1.05. The molecule has 0 aliphatic rings. The summed E-state index contributed by atoms with van der Waals surface area (Å²) >= 11 is 8.68. The molecule has 0 spiro atoms. The van der Waals surface area contributed by atoms with E-state index in [1.807, 2.05) is 4.68 Å². The van der Waals surface area contributed by atoms with Gasteiger partial charge in [-0.25, -0.2) is 0 Å². The fraction of sp³-hybridized carbons (Fsp3) is 0.375. The number of fused-ring (bicyclic) bond motifs is 1. The topological polar surface area (TPSA) is 17.8 Å². The first-order valence-corrected chi connectivity index (χ1v) is 6.32. The van der Waals surface area contributed by atoms with Crippen LogP contribution in [0.3, 0.4) is 0 Å². The minimum atomic E-state index is 0.422. The van der Waals surface area contributed by atoms with Crippen LogP contribution in [-0.2, 0) is 0 Å². The van der Waals surface area contributed by atoms with Crippen molar-refractivity contribution in [2.24, 2.45) is 0 Å². The van der Waals surface area contributed by atoms with E-state index in [9.17, 15) is 0 Å². The maximum Gasteiger partial charge on any atom is 0.118 e. The van der Waals surface area contributed by atoms with Gasteiger partial charge in [-0.15, -0.1) is 11.3 Å². The average molecular weight is 324 g/mol. The maximum absolute atomic E-state index is 4.48. The first-order valence-electron chi connectivity index (χ1n) is 3.92. The lowest BCUT2D eigenvalue weighted by molar-refractivity contribution is 0.537. The number of thiophene rings is 1. The van der Waals surface area contributed by atoms with Crippen LogP contribution in [0.4, 0.5) is 0 Å². The Kier molecular flexibility index (Phi) is 2.51. The van der Waals surface area contributed by atoms with Crippen molar-refractivity contribution in [1.82, 2.24) is 9.78 Å². The van der Waals surface area contributed by atoms with Crippen LogP contribution in [-0.4, -0.2) is 9.78 Å². The first-order chi connectivity index (χ1) is 6.09. The molecule has 2 rings (SSSR count). The van der Waals surface area contributed by atoms with Gasteiger partial charge in [0.2, 0.25) is 0 Å². The fourth-order valence-corrected chi connectivity index (χ4v) is 3.26. The molecule has 0 saturated heterocycles. The van der Waals surface area contributed by atoms with Gasteiger partial charge in [0.1, 0.15) is 5.52 Å². The molecule has 2 nitrogen and oxygen atoms in total. The summed E-state index contributed by atoms with van der Waals surface area (Å²) in [4.78, 5) is 0. The van der Waals surface area contributed by atoms with Crippen LogP contribution < -0.4 is 0 Å². The van der Waals surface area contributed by atoms with Gasteiger partial charge in [-0.05, 0) is 45.7 Å². The summed E-state index contributed by atoms with van der Waals surface area (Å²) in [7, 11) is 0. The molecule has 2 aromatic rings. The third-order valence-corrected chi connectivity index (χ3v) is 5.16. The van der Waals surface area contributed by atoms with Crippen molar-refractivity contribution < 1.29 is 0 Å². The van der Waals surface area contributed by atoms with Crippen LogP contribution in [0.25, 0.3) is 10.2 Å². The minimum absolute atomic E-state index is 0.422. The van der Waals surface area contributed by atoms with Crippen molar-refractivity contribution in [3.8, 4) is 0 Å². The van der Waals surface area contributed by atoms with Gasteiger partial charge in [-0.1, -0.05) is 0 Å². The van der Waals surface area contributed by atoms with E-state index < -0.39 is 0 Å². The van der Waals surface area contributed by atoms with E-state index in [0.29, 0.717) is 6.04 Å². The molecule has 2 aromatic heterocycles. The third kappa shape index (κ3) is 1.57. The molecule has 5 heteroatoms. The lowest BCUT2D eigenvalue weighted by Gasteiger charge is -2.02. The summed E-state index contributed by atoms with van der Waals surface area (Å²) in [5.74, 6) is 0. The molecule has 0 radical (unpaired) electrons. The van der Waals surface area contributed by atoms with Crippen molar-refractivity contribution in [2.75, 3.05) is 0 Å². The summed E-state index contributed by atoms with van der Waals surface area (Å²) in [6.07, 6.45) is 2.08. The minimum Gasteiger partial charge on any atom is -0.268 e. The highest BCUT2D eigenvalue weighted by molar-refractivity contribution is 9.13. The van der Waals surface area contributed by atoms with Gasteiger partial charge in [-0.2, -0.15) is 5.10 Å². The van der Waals surface area contributed by atoms with Crippen LogP contribution >= 0.6 is 43.2 Å². The number of nitrogens with zero attached hydrogens (tertiary/aromatic N) is 2. The van der Waals surface area contributed by atoms with Crippen molar-refractivity contribution in [1.29, 1.82) is 0 Å². The number of aromatic nitrogens is 2. The molecule has 0 amide bonds. The molecule has 0 N–H and O–H groups in total. The zero-order valence-corrected chi connectivity index (χ0v) is 11.2. The third-order valence-electron chi connectivity index (χ3n) is 1.81. The van der Waals surface area contributed by atoms with Crippen molar-refractivity contribution >= 4 is 53.4 Å². The molecule has 0 atom stereocenters. The lowest BCUT2D eigenvalue weighted by Crippen LogP contribution is -2.00. The van der Waals surface area contributed by atoms with E-state index in [-0.39, 0.29) is 0 Å². The van der Waals surface area contributed by atoms with Crippen molar-refractivity contribution in [3.63, 3.8) is 0 Å². The smallest absolute Gasteiger partial charge is 0.118 e. The second-order valence-electron chi connectivity index (χ2n) is 3.11. The molecule has 0 unspecified atom stereocenters. The van der Waals surface area contributed by atoms with Gasteiger partial charge < -0.3 is 0 Å². The SMILES string of the molecule is CC(C)n1cc2sc(Br)c(Br)c2n1. The van der Waals surface area contributed by atoms with E-state index in [0.717, 1.165) is 13.8 Å². The lowest BCUT2D eigenvalue weighted by atomic mass is 10.4. The normalized spacial score (nSPS) is 11.8. The van der Waals surface area contributed by atoms with E-state index in [4.69, 9.17) is 0 Å². The van der Waals surface area contributed by atoms with Crippen molar-refractivity contribution in [2.45, 2.75) is 19.9 Å². The largest absolute Gasteiger partial charge is 0.268 e. The monoisotopic (exact) mass is 322 g/mol. The van der Waals surface area contributed by atoms with Gasteiger partial charge >= 0.3 is 0 Å². The van der Waals surface area contributed by atoms with E-state index >= 15 is 0 Å². The molecule has 2 heterocycles. The molecular formula is C8H8Br2N2S. The Hall–Kier alpha value is 0.130. The Morgan fingerprint density at radius 2 is 2.15 bits per heavy atom. The Labute approximate surface area is 97.2 Å². The van der Waals surface area contributed by atoms with E-state index in [1.54, 1.807) is 11.3 Å². The van der Waals surface area contributed by atoms with E-state index in [2.05, 4.69) is 57.0 Å². The molecule has 0 fully saturated rings. The fourth-order valence-electron chi connectivity index (χ4n) is 1.10. The second kappa shape index (κ2) is 3.37. The summed E-state index contributed by atoms with van der Waals surface area (Å²) < 4.78 is 5.37. The van der Waals surface area contributed by atoms with Gasteiger partial charge in [-0.3, -0.25) is 4.68 Å². The number of hydrogen-bond donors (Lipinski definition) is 0. The predicted molar refractivity (Wildman–Crippen MR) is 63.4 cm³/mol. The summed E-state index contributed by atoms with van der Waals surface area (Å²) in [6, 6.07) is 0.422. The Bertz CT molecular complexity index is 444. The van der Waals surface area contributed by atoms with Crippen molar-refractivity contribution in [3.05, 3.63) is 14.5 Å². The first kappa shape index (κ1) is 9.68. The van der Waals surface area contributed by atoms with Gasteiger partial charge in [0.05, 0.1) is 13.0 Å². The van der Waals surface area contributed by atoms with Crippen LogP contribution in [0.5, 0.6) is 0 Å². The molecule has 0 aromatic carbocycles. The maximum atomic E-state index is 4.48. The van der Waals surface area contributed by atoms with Crippen LogP contribution in [0.15, 0.2) is 14.5 Å². The molecule has 70 valence electrons. The molecule has 0 bridgehead atoms. The van der Waals surface area contributed by atoms with Crippen LogP contribution in [0, 0.1) is 0 Å². The quantitative estimate of drug-likeness (QED) is 0.769. The highest BCUT2D eigenvalue weighted by Gasteiger charge is 2.12. The molecule has 0 saturated carbocycles. The molecule has 0 aliphatic carbocycles.